The summed E-state index contributed by atoms with van der Waals surface area (Å²) in [7, 11) is -4.39. The van der Waals surface area contributed by atoms with Crippen LogP contribution in [-0.2, 0) is 33.0 Å². The van der Waals surface area contributed by atoms with E-state index < -0.39 is 20.0 Å². The summed E-state index contributed by atoms with van der Waals surface area (Å²) in [5.41, 5.74) is 1.66. The molecule has 1 N–H and O–H groups in total. The Morgan fingerprint density at radius 2 is 1.62 bits per heavy atom. The highest BCUT2D eigenvalue weighted by Crippen LogP contribution is 2.27. The van der Waals surface area contributed by atoms with Crippen LogP contribution in [0.1, 0.15) is 11.1 Å². The fraction of sp³-hybridized carbons (Fsp3) is 0.294. The number of methoxy groups -OCH3 is 1. The number of hydrogen-bond donors (Lipinski definition) is 1. The lowest BCUT2D eigenvalue weighted by atomic mass is 10.0. The van der Waals surface area contributed by atoms with Gasteiger partial charge in [0.25, 0.3) is 0 Å². The zero-order valence-corrected chi connectivity index (χ0v) is 16.1. The molecule has 0 unspecified atom stereocenters. The molecule has 0 aromatic heterocycles. The minimum absolute atomic E-state index is 0.127. The molecule has 9 heteroatoms. The van der Waals surface area contributed by atoms with Crippen molar-refractivity contribution in [2.24, 2.45) is 0 Å². The molecular formula is C17H20N2O5S2. The van der Waals surface area contributed by atoms with Gasteiger partial charge in [0.2, 0.25) is 20.0 Å². The van der Waals surface area contributed by atoms with Crippen molar-refractivity contribution in [2.75, 3.05) is 20.7 Å². The van der Waals surface area contributed by atoms with E-state index >= 15 is 0 Å². The van der Waals surface area contributed by atoms with Crippen LogP contribution >= 0.6 is 0 Å². The molecule has 0 amide bonds. The lowest BCUT2D eigenvalue weighted by Gasteiger charge is -2.28. The van der Waals surface area contributed by atoms with E-state index in [1.807, 2.05) is 0 Å². The molecule has 1 heterocycles. The lowest BCUT2D eigenvalue weighted by molar-refractivity contribution is 0.390. The quantitative estimate of drug-likeness (QED) is 0.824. The van der Waals surface area contributed by atoms with E-state index in [1.165, 1.54) is 42.7 Å². The minimum Gasteiger partial charge on any atom is -0.497 e. The predicted octanol–water partition coefficient (Wildman–Crippen LogP) is 1.35. The molecule has 0 radical (unpaired) electrons. The Morgan fingerprint density at radius 1 is 0.962 bits per heavy atom. The number of ether oxygens (including phenoxy) is 1. The maximum absolute atomic E-state index is 12.9. The largest absolute Gasteiger partial charge is 0.497 e. The molecule has 7 nitrogen and oxygen atoms in total. The van der Waals surface area contributed by atoms with Gasteiger partial charge in [-0.2, -0.15) is 4.31 Å². The van der Waals surface area contributed by atoms with Gasteiger partial charge in [0.1, 0.15) is 5.75 Å². The molecule has 2 aromatic carbocycles. The van der Waals surface area contributed by atoms with Crippen LogP contribution in [0.15, 0.2) is 52.3 Å². The second-order valence-electron chi connectivity index (χ2n) is 5.90. The van der Waals surface area contributed by atoms with E-state index in [2.05, 4.69) is 4.72 Å². The summed E-state index contributed by atoms with van der Waals surface area (Å²) in [5.74, 6) is 0.579. The highest BCUT2D eigenvalue weighted by atomic mass is 32.2. The number of nitrogens with one attached hydrogen (secondary N) is 1. The van der Waals surface area contributed by atoms with Crippen molar-refractivity contribution in [3.05, 3.63) is 53.6 Å². The standard InChI is InChI=1S/C17H20N2O5S2/c1-18-25(20,21)17-6-3-13-9-10-19(12-14(13)11-17)26(22,23)16-7-4-15(24-2)5-8-16/h3-8,11,18H,9-10,12H2,1-2H3. The first-order chi connectivity index (χ1) is 12.3. The van der Waals surface area contributed by atoms with Gasteiger partial charge < -0.3 is 4.74 Å². The topological polar surface area (TPSA) is 92.8 Å². The molecule has 0 saturated heterocycles. The monoisotopic (exact) mass is 396 g/mol. The lowest BCUT2D eigenvalue weighted by Crippen LogP contribution is -2.36. The van der Waals surface area contributed by atoms with E-state index in [0.717, 1.165) is 5.56 Å². The number of rotatable bonds is 5. The Labute approximate surface area is 153 Å². The molecule has 0 atom stereocenters. The SMILES string of the molecule is CNS(=O)(=O)c1ccc2c(c1)CN(S(=O)(=O)c1ccc(OC)cc1)CC2. The molecule has 0 aliphatic carbocycles. The average Bonchev–Trinajstić information content (AvgIpc) is 2.67. The molecule has 0 bridgehead atoms. The summed E-state index contributed by atoms with van der Waals surface area (Å²) in [4.78, 5) is 0.309. The zero-order valence-electron chi connectivity index (χ0n) is 14.5. The molecule has 0 saturated carbocycles. The van der Waals surface area contributed by atoms with Crippen molar-refractivity contribution >= 4 is 20.0 Å². The van der Waals surface area contributed by atoms with Crippen molar-refractivity contribution < 1.29 is 21.6 Å². The summed E-state index contributed by atoms with van der Waals surface area (Å²) in [6.45, 7) is 0.482. The van der Waals surface area contributed by atoms with Gasteiger partial charge in [-0.05, 0) is 61.0 Å². The molecule has 0 fully saturated rings. The number of benzene rings is 2. The molecule has 26 heavy (non-hydrogen) atoms. The third kappa shape index (κ3) is 3.48. The van der Waals surface area contributed by atoms with Crippen molar-refractivity contribution in [3.63, 3.8) is 0 Å². The number of hydrogen-bond acceptors (Lipinski definition) is 5. The highest BCUT2D eigenvalue weighted by Gasteiger charge is 2.29. The number of sulfonamides is 2. The number of nitrogens with zero attached hydrogens (tertiary/aromatic N) is 1. The molecular weight excluding hydrogens is 376 g/mol. The first-order valence-electron chi connectivity index (χ1n) is 7.97. The highest BCUT2D eigenvalue weighted by molar-refractivity contribution is 7.89. The summed E-state index contributed by atoms with van der Waals surface area (Å²) < 4.78 is 58.5. The van der Waals surface area contributed by atoms with E-state index in [9.17, 15) is 16.8 Å². The minimum atomic E-state index is -3.67. The van der Waals surface area contributed by atoms with Crippen molar-refractivity contribution in [2.45, 2.75) is 22.8 Å². The van der Waals surface area contributed by atoms with Gasteiger partial charge in [0.15, 0.2) is 0 Å². The summed E-state index contributed by atoms with van der Waals surface area (Å²) >= 11 is 0. The Morgan fingerprint density at radius 3 is 2.23 bits per heavy atom. The molecule has 2 aromatic rings. The predicted molar refractivity (Wildman–Crippen MR) is 97.0 cm³/mol. The maximum Gasteiger partial charge on any atom is 0.243 e. The van der Waals surface area contributed by atoms with Gasteiger partial charge in [-0.3, -0.25) is 0 Å². The average molecular weight is 396 g/mol. The summed E-state index contributed by atoms with van der Waals surface area (Å²) in [5, 5.41) is 0. The fourth-order valence-electron chi connectivity index (χ4n) is 2.89. The molecule has 3 rings (SSSR count). The first-order valence-corrected chi connectivity index (χ1v) is 10.9. The van der Waals surface area contributed by atoms with E-state index in [0.29, 0.717) is 24.3 Å². The van der Waals surface area contributed by atoms with Crippen LogP contribution in [0, 0.1) is 0 Å². The van der Waals surface area contributed by atoms with Crippen molar-refractivity contribution in [1.82, 2.24) is 9.03 Å². The second kappa shape index (κ2) is 6.99. The third-order valence-electron chi connectivity index (χ3n) is 4.43. The molecule has 1 aliphatic rings. The van der Waals surface area contributed by atoms with Crippen LogP contribution in [0.25, 0.3) is 0 Å². The van der Waals surface area contributed by atoms with Crippen LogP contribution in [0.3, 0.4) is 0 Å². The van der Waals surface area contributed by atoms with Crippen molar-refractivity contribution in [3.8, 4) is 5.75 Å². The fourth-order valence-corrected chi connectivity index (χ4v) is 5.09. The second-order valence-corrected chi connectivity index (χ2v) is 9.73. The van der Waals surface area contributed by atoms with Crippen LogP contribution in [0.4, 0.5) is 0 Å². The zero-order chi connectivity index (χ0) is 18.9. The summed E-state index contributed by atoms with van der Waals surface area (Å²) in [6, 6.07) is 11.0. The van der Waals surface area contributed by atoms with Gasteiger partial charge in [-0.25, -0.2) is 21.6 Å². The van der Waals surface area contributed by atoms with E-state index in [4.69, 9.17) is 4.74 Å². The van der Waals surface area contributed by atoms with Crippen LogP contribution in [0.5, 0.6) is 5.75 Å². The molecule has 0 spiro atoms. The Kier molecular flexibility index (Phi) is 5.07. The Balaban J connectivity index is 1.92. The summed E-state index contributed by atoms with van der Waals surface area (Å²) in [6.07, 6.45) is 0.532. The van der Waals surface area contributed by atoms with Gasteiger partial charge in [-0.15, -0.1) is 0 Å². The van der Waals surface area contributed by atoms with E-state index in [1.54, 1.807) is 18.2 Å². The van der Waals surface area contributed by atoms with Gasteiger partial charge in [0, 0.05) is 13.1 Å². The maximum atomic E-state index is 12.9. The molecule has 140 valence electrons. The Hall–Kier alpha value is -1.94. The Bertz CT molecular complexity index is 1020. The van der Waals surface area contributed by atoms with Crippen LogP contribution in [0.2, 0.25) is 0 Å². The van der Waals surface area contributed by atoms with Gasteiger partial charge >= 0.3 is 0 Å². The van der Waals surface area contributed by atoms with Crippen molar-refractivity contribution in [1.29, 1.82) is 0 Å². The molecule has 1 aliphatic heterocycles. The smallest absolute Gasteiger partial charge is 0.243 e. The van der Waals surface area contributed by atoms with Crippen LogP contribution < -0.4 is 9.46 Å². The third-order valence-corrected chi connectivity index (χ3v) is 7.70. The van der Waals surface area contributed by atoms with Gasteiger partial charge in [0.05, 0.1) is 16.9 Å². The van der Waals surface area contributed by atoms with E-state index in [-0.39, 0.29) is 16.3 Å². The van der Waals surface area contributed by atoms with Gasteiger partial charge in [-0.1, -0.05) is 6.07 Å². The number of fused-ring (bicyclic) bond motifs is 1. The normalized spacial score (nSPS) is 15.5. The van der Waals surface area contributed by atoms with Crippen LogP contribution in [-0.4, -0.2) is 41.8 Å². The first kappa shape index (κ1) is 18.8.